The van der Waals surface area contributed by atoms with Crippen LogP contribution in [0.2, 0.25) is 0 Å². The van der Waals surface area contributed by atoms with Gasteiger partial charge in [-0.05, 0) is 30.2 Å². The summed E-state index contributed by atoms with van der Waals surface area (Å²) in [6.45, 7) is 2.32. The molecule has 0 aliphatic heterocycles. The van der Waals surface area contributed by atoms with E-state index in [2.05, 4.69) is 14.9 Å². The van der Waals surface area contributed by atoms with Crippen LogP contribution in [0.4, 0.5) is 0 Å². The molecule has 0 amide bonds. The summed E-state index contributed by atoms with van der Waals surface area (Å²) in [5.74, 6) is 0.545. The predicted molar refractivity (Wildman–Crippen MR) is 74.1 cm³/mol. The molecule has 8 heteroatoms. The van der Waals surface area contributed by atoms with E-state index < -0.39 is 10.0 Å². The van der Waals surface area contributed by atoms with Crippen molar-refractivity contribution in [1.29, 1.82) is 0 Å². The second kappa shape index (κ2) is 5.70. The van der Waals surface area contributed by atoms with Crippen LogP contribution in [0, 0.1) is 6.92 Å². The Hall–Kier alpha value is -1.77. The zero-order chi connectivity index (χ0) is 14.8. The summed E-state index contributed by atoms with van der Waals surface area (Å²) in [5.41, 5.74) is 7.35. The highest BCUT2D eigenvalue weighted by Crippen LogP contribution is 2.15. The fourth-order valence-electron chi connectivity index (χ4n) is 1.77. The molecule has 0 fully saturated rings. The minimum Gasteiger partial charge on any atom is -0.326 e. The smallest absolute Gasteiger partial charge is 0.240 e. The molecule has 0 radical (unpaired) electrons. The van der Waals surface area contributed by atoms with Gasteiger partial charge in [0, 0.05) is 13.6 Å². The molecule has 0 unspecified atom stereocenters. The van der Waals surface area contributed by atoms with E-state index in [0.717, 1.165) is 11.1 Å². The van der Waals surface area contributed by atoms with E-state index >= 15 is 0 Å². The summed E-state index contributed by atoms with van der Waals surface area (Å²) >= 11 is 0. The molecule has 108 valence electrons. The molecule has 1 aromatic heterocycles. The number of nitrogens with zero attached hydrogens (tertiary/aromatic N) is 3. The molecular formula is C12H17N5O2S. The fraction of sp³-hybridized carbons (Fsp3) is 0.333. The fourth-order valence-corrected chi connectivity index (χ4v) is 2.84. The molecule has 0 bridgehead atoms. The van der Waals surface area contributed by atoms with Gasteiger partial charge in [-0.15, -0.1) is 10.2 Å². The molecule has 0 saturated carbocycles. The van der Waals surface area contributed by atoms with E-state index in [4.69, 9.17) is 5.73 Å². The van der Waals surface area contributed by atoms with Gasteiger partial charge in [0.2, 0.25) is 10.0 Å². The number of aryl methyl sites for hydroxylation is 2. The number of nitrogens with one attached hydrogen (secondary N) is 1. The van der Waals surface area contributed by atoms with Gasteiger partial charge in [0.1, 0.15) is 12.2 Å². The molecule has 2 rings (SSSR count). The lowest BCUT2D eigenvalue weighted by Crippen LogP contribution is -2.25. The van der Waals surface area contributed by atoms with Crippen molar-refractivity contribution in [3.05, 3.63) is 41.5 Å². The predicted octanol–water partition coefficient (Wildman–Crippen LogP) is 0.0607. The highest BCUT2D eigenvalue weighted by atomic mass is 32.2. The Kier molecular flexibility index (Phi) is 4.17. The van der Waals surface area contributed by atoms with E-state index in [9.17, 15) is 8.42 Å². The third kappa shape index (κ3) is 3.03. The van der Waals surface area contributed by atoms with E-state index in [1.165, 1.54) is 6.33 Å². The number of benzene rings is 1. The van der Waals surface area contributed by atoms with Crippen LogP contribution in [0.3, 0.4) is 0 Å². The van der Waals surface area contributed by atoms with Crippen molar-refractivity contribution in [3.8, 4) is 0 Å². The Morgan fingerprint density at radius 3 is 2.70 bits per heavy atom. The SMILES string of the molecule is Cc1cc(S(=O)(=O)NCc2nncn2C)ccc1CN. The van der Waals surface area contributed by atoms with Gasteiger partial charge in [0.15, 0.2) is 0 Å². The third-order valence-corrected chi connectivity index (χ3v) is 4.47. The second-order valence-corrected chi connectivity index (χ2v) is 6.24. The van der Waals surface area contributed by atoms with E-state index in [-0.39, 0.29) is 11.4 Å². The summed E-state index contributed by atoms with van der Waals surface area (Å²) in [5, 5.41) is 7.52. The molecule has 20 heavy (non-hydrogen) atoms. The minimum atomic E-state index is -3.57. The normalized spacial score (nSPS) is 11.8. The van der Waals surface area contributed by atoms with Gasteiger partial charge in [-0.2, -0.15) is 0 Å². The number of hydrogen-bond donors (Lipinski definition) is 2. The molecule has 1 aromatic carbocycles. The van der Waals surface area contributed by atoms with Gasteiger partial charge in [-0.25, -0.2) is 13.1 Å². The quantitative estimate of drug-likeness (QED) is 0.812. The van der Waals surface area contributed by atoms with E-state index in [1.807, 2.05) is 6.92 Å². The maximum atomic E-state index is 12.2. The first kappa shape index (κ1) is 14.6. The lowest BCUT2D eigenvalue weighted by Gasteiger charge is -2.09. The zero-order valence-corrected chi connectivity index (χ0v) is 12.2. The number of rotatable bonds is 5. The number of sulfonamides is 1. The maximum absolute atomic E-state index is 12.2. The van der Waals surface area contributed by atoms with Crippen molar-refractivity contribution in [1.82, 2.24) is 19.5 Å². The molecule has 0 spiro atoms. The zero-order valence-electron chi connectivity index (χ0n) is 11.4. The van der Waals surface area contributed by atoms with Crippen molar-refractivity contribution in [2.75, 3.05) is 0 Å². The molecule has 0 saturated heterocycles. The summed E-state index contributed by atoms with van der Waals surface area (Å²) in [6.07, 6.45) is 1.52. The summed E-state index contributed by atoms with van der Waals surface area (Å²) < 4.78 is 28.5. The van der Waals surface area contributed by atoms with Crippen molar-refractivity contribution >= 4 is 10.0 Å². The summed E-state index contributed by atoms with van der Waals surface area (Å²) in [6, 6.07) is 4.89. The topological polar surface area (TPSA) is 103 Å². The average Bonchev–Trinajstić information content (AvgIpc) is 2.82. The monoisotopic (exact) mass is 295 g/mol. The third-order valence-electron chi connectivity index (χ3n) is 3.07. The Morgan fingerprint density at radius 1 is 1.40 bits per heavy atom. The Labute approximate surface area is 117 Å². The first-order valence-electron chi connectivity index (χ1n) is 6.06. The van der Waals surface area contributed by atoms with Gasteiger partial charge in [0.05, 0.1) is 11.4 Å². The lowest BCUT2D eigenvalue weighted by atomic mass is 10.1. The van der Waals surface area contributed by atoms with Crippen LogP contribution < -0.4 is 10.5 Å². The van der Waals surface area contributed by atoms with Crippen molar-refractivity contribution in [3.63, 3.8) is 0 Å². The molecule has 0 aliphatic rings. The van der Waals surface area contributed by atoms with Crippen LogP contribution in [0.15, 0.2) is 29.4 Å². The lowest BCUT2D eigenvalue weighted by molar-refractivity contribution is 0.577. The standard InChI is InChI=1S/C12H17N5O2S/c1-9-5-11(4-3-10(9)6-13)20(18,19)15-7-12-16-14-8-17(12)2/h3-5,8,15H,6-7,13H2,1-2H3. The Morgan fingerprint density at radius 2 is 2.15 bits per heavy atom. The van der Waals surface area contributed by atoms with E-state index in [0.29, 0.717) is 12.4 Å². The van der Waals surface area contributed by atoms with Crippen molar-refractivity contribution in [2.45, 2.75) is 24.9 Å². The van der Waals surface area contributed by atoms with Crippen LogP contribution >= 0.6 is 0 Å². The largest absolute Gasteiger partial charge is 0.326 e. The van der Waals surface area contributed by atoms with Gasteiger partial charge < -0.3 is 10.3 Å². The summed E-state index contributed by atoms with van der Waals surface area (Å²) in [7, 11) is -1.82. The first-order chi connectivity index (χ1) is 9.44. The van der Waals surface area contributed by atoms with Crippen LogP contribution in [-0.2, 0) is 30.2 Å². The van der Waals surface area contributed by atoms with E-state index in [1.54, 1.807) is 29.8 Å². The molecule has 2 aromatic rings. The molecule has 0 atom stereocenters. The number of hydrogen-bond acceptors (Lipinski definition) is 5. The molecular weight excluding hydrogens is 278 g/mol. The van der Waals surface area contributed by atoms with Crippen LogP contribution in [0.1, 0.15) is 17.0 Å². The van der Waals surface area contributed by atoms with Crippen LogP contribution in [0.25, 0.3) is 0 Å². The van der Waals surface area contributed by atoms with Gasteiger partial charge in [-0.3, -0.25) is 0 Å². The van der Waals surface area contributed by atoms with Gasteiger partial charge in [0.25, 0.3) is 0 Å². The first-order valence-corrected chi connectivity index (χ1v) is 7.54. The Balaban J connectivity index is 2.18. The van der Waals surface area contributed by atoms with Crippen LogP contribution in [0.5, 0.6) is 0 Å². The molecule has 7 nitrogen and oxygen atoms in total. The second-order valence-electron chi connectivity index (χ2n) is 4.48. The van der Waals surface area contributed by atoms with Crippen molar-refractivity contribution in [2.24, 2.45) is 12.8 Å². The average molecular weight is 295 g/mol. The molecule has 3 N–H and O–H groups in total. The minimum absolute atomic E-state index is 0.0938. The Bertz CT molecular complexity index is 708. The van der Waals surface area contributed by atoms with Crippen molar-refractivity contribution < 1.29 is 8.42 Å². The highest BCUT2D eigenvalue weighted by Gasteiger charge is 2.15. The highest BCUT2D eigenvalue weighted by molar-refractivity contribution is 7.89. The number of aromatic nitrogens is 3. The summed E-state index contributed by atoms with van der Waals surface area (Å²) in [4.78, 5) is 0.217. The molecule has 0 aliphatic carbocycles. The number of nitrogens with two attached hydrogens (primary N) is 1. The van der Waals surface area contributed by atoms with Gasteiger partial charge >= 0.3 is 0 Å². The van der Waals surface area contributed by atoms with Crippen LogP contribution in [-0.4, -0.2) is 23.2 Å². The van der Waals surface area contributed by atoms with Gasteiger partial charge in [-0.1, -0.05) is 6.07 Å². The molecule has 1 heterocycles. The maximum Gasteiger partial charge on any atom is 0.240 e.